The third-order valence-corrected chi connectivity index (χ3v) is 2.56. The van der Waals surface area contributed by atoms with Crippen LogP contribution >= 0.6 is 0 Å². The van der Waals surface area contributed by atoms with E-state index in [1.54, 1.807) is 6.92 Å². The predicted molar refractivity (Wildman–Crippen MR) is 57.7 cm³/mol. The molecule has 0 N–H and O–H groups in total. The second kappa shape index (κ2) is 2.98. The molecule has 0 saturated heterocycles. The topological polar surface area (TPSA) is 22.0 Å². The first-order chi connectivity index (χ1) is 6.59. The molecular formula is C12H13NO. The summed E-state index contributed by atoms with van der Waals surface area (Å²) >= 11 is 0. The maximum absolute atomic E-state index is 11.3. The van der Waals surface area contributed by atoms with Crippen molar-refractivity contribution >= 4 is 16.7 Å². The lowest BCUT2D eigenvalue weighted by atomic mass is 10.2. The van der Waals surface area contributed by atoms with E-state index in [-0.39, 0.29) is 5.78 Å². The molecule has 0 aliphatic heterocycles. The molecule has 0 spiro atoms. The first-order valence-electron chi connectivity index (χ1n) is 4.66. The summed E-state index contributed by atoms with van der Waals surface area (Å²) in [6.45, 7) is 3.65. The zero-order valence-electron chi connectivity index (χ0n) is 8.66. The van der Waals surface area contributed by atoms with Crippen molar-refractivity contribution in [3.05, 3.63) is 35.5 Å². The number of aryl methyl sites for hydroxylation is 2. The van der Waals surface area contributed by atoms with Gasteiger partial charge >= 0.3 is 0 Å². The van der Waals surface area contributed by atoms with Crippen LogP contribution in [0.1, 0.15) is 23.0 Å². The van der Waals surface area contributed by atoms with Crippen molar-refractivity contribution in [1.29, 1.82) is 0 Å². The standard InChI is InChI=1S/C12H13NO/c1-8-4-5-10-7-11(9(2)14)13(3)12(10)6-8/h4-7H,1-3H3. The van der Waals surface area contributed by atoms with E-state index in [1.807, 2.05) is 17.7 Å². The lowest BCUT2D eigenvalue weighted by Gasteiger charge is -2.00. The highest BCUT2D eigenvalue weighted by Gasteiger charge is 2.08. The Labute approximate surface area is 83.2 Å². The Kier molecular flexibility index (Phi) is 1.92. The molecule has 1 aromatic heterocycles. The minimum absolute atomic E-state index is 0.112. The fourth-order valence-corrected chi connectivity index (χ4v) is 1.78. The fourth-order valence-electron chi connectivity index (χ4n) is 1.78. The van der Waals surface area contributed by atoms with Crippen molar-refractivity contribution in [2.75, 3.05) is 0 Å². The van der Waals surface area contributed by atoms with Crippen molar-refractivity contribution in [3.8, 4) is 0 Å². The maximum atomic E-state index is 11.3. The lowest BCUT2D eigenvalue weighted by molar-refractivity contribution is 0.101. The van der Waals surface area contributed by atoms with Crippen LogP contribution in [0.15, 0.2) is 24.3 Å². The third kappa shape index (κ3) is 1.23. The average Bonchev–Trinajstić information content (AvgIpc) is 2.44. The molecule has 1 aromatic carbocycles. The Morgan fingerprint density at radius 3 is 2.64 bits per heavy atom. The highest BCUT2D eigenvalue weighted by atomic mass is 16.1. The number of carbonyl (C=O) groups is 1. The summed E-state index contributed by atoms with van der Waals surface area (Å²) in [5.74, 6) is 0.112. The van der Waals surface area contributed by atoms with Crippen LogP contribution < -0.4 is 0 Å². The van der Waals surface area contributed by atoms with Crippen molar-refractivity contribution in [3.63, 3.8) is 0 Å². The first kappa shape index (κ1) is 9.00. The molecule has 0 fully saturated rings. The number of aromatic nitrogens is 1. The molecule has 0 bridgehead atoms. The van der Waals surface area contributed by atoms with Crippen LogP contribution in [0.5, 0.6) is 0 Å². The van der Waals surface area contributed by atoms with Gasteiger partial charge in [0.05, 0.1) is 5.69 Å². The van der Waals surface area contributed by atoms with E-state index in [9.17, 15) is 4.79 Å². The zero-order chi connectivity index (χ0) is 10.3. The maximum Gasteiger partial charge on any atom is 0.176 e. The summed E-state index contributed by atoms with van der Waals surface area (Å²) < 4.78 is 1.95. The summed E-state index contributed by atoms with van der Waals surface area (Å²) in [6.07, 6.45) is 0. The number of benzene rings is 1. The number of ketones is 1. The normalized spacial score (nSPS) is 10.8. The van der Waals surface area contributed by atoms with Gasteiger partial charge in [0.15, 0.2) is 5.78 Å². The van der Waals surface area contributed by atoms with Crippen LogP contribution in [0, 0.1) is 6.92 Å². The largest absolute Gasteiger partial charge is 0.341 e. The lowest BCUT2D eigenvalue weighted by Crippen LogP contribution is -2.00. The molecule has 2 heteroatoms. The van der Waals surface area contributed by atoms with E-state index >= 15 is 0 Å². The van der Waals surface area contributed by atoms with Gasteiger partial charge < -0.3 is 4.57 Å². The summed E-state index contributed by atoms with van der Waals surface area (Å²) in [4.78, 5) is 11.3. The second-order valence-electron chi connectivity index (χ2n) is 3.71. The zero-order valence-corrected chi connectivity index (χ0v) is 8.66. The Morgan fingerprint density at radius 2 is 2.00 bits per heavy atom. The molecule has 1 heterocycles. The molecule has 0 atom stereocenters. The molecule has 2 aromatic rings. The summed E-state index contributed by atoms with van der Waals surface area (Å²) in [7, 11) is 1.93. The van der Waals surface area contributed by atoms with Crippen LogP contribution in [0.2, 0.25) is 0 Å². The number of hydrogen-bond donors (Lipinski definition) is 0. The van der Waals surface area contributed by atoms with E-state index in [2.05, 4.69) is 25.1 Å². The van der Waals surface area contributed by atoms with Crippen molar-refractivity contribution in [1.82, 2.24) is 4.57 Å². The Bertz CT molecular complexity index is 508. The summed E-state index contributed by atoms with van der Waals surface area (Å²) in [5.41, 5.74) is 3.11. The summed E-state index contributed by atoms with van der Waals surface area (Å²) in [6, 6.07) is 8.15. The number of fused-ring (bicyclic) bond motifs is 1. The summed E-state index contributed by atoms with van der Waals surface area (Å²) in [5, 5.41) is 1.13. The second-order valence-corrected chi connectivity index (χ2v) is 3.71. The SMILES string of the molecule is CC(=O)c1cc2ccc(C)cc2n1C. The molecule has 0 aliphatic rings. The van der Waals surface area contributed by atoms with Gasteiger partial charge in [-0.3, -0.25) is 4.79 Å². The van der Waals surface area contributed by atoms with E-state index in [4.69, 9.17) is 0 Å². The molecule has 0 aliphatic carbocycles. The number of carbonyl (C=O) groups excluding carboxylic acids is 1. The Balaban J connectivity index is 2.80. The van der Waals surface area contributed by atoms with E-state index in [0.717, 1.165) is 16.6 Å². The smallest absolute Gasteiger partial charge is 0.176 e. The predicted octanol–water partition coefficient (Wildman–Crippen LogP) is 2.69. The highest BCUT2D eigenvalue weighted by molar-refractivity contribution is 5.98. The number of rotatable bonds is 1. The third-order valence-electron chi connectivity index (χ3n) is 2.56. The van der Waals surface area contributed by atoms with Gasteiger partial charge in [-0.25, -0.2) is 0 Å². The van der Waals surface area contributed by atoms with Gasteiger partial charge in [0.25, 0.3) is 0 Å². The monoisotopic (exact) mass is 187 g/mol. The number of nitrogens with zero attached hydrogens (tertiary/aromatic N) is 1. The Hall–Kier alpha value is -1.57. The van der Waals surface area contributed by atoms with E-state index in [0.29, 0.717) is 0 Å². The van der Waals surface area contributed by atoms with Crippen molar-refractivity contribution < 1.29 is 4.79 Å². The van der Waals surface area contributed by atoms with Crippen LogP contribution in [-0.2, 0) is 7.05 Å². The van der Waals surface area contributed by atoms with Crippen LogP contribution in [0.4, 0.5) is 0 Å². The van der Waals surface area contributed by atoms with Gasteiger partial charge in [-0.15, -0.1) is 0 Å². The minimum Gasteiger partial charge on any atom is -0.341 e. The van der Waals surface area contributed by atoms with Crippen molar-refractivity contribution in [2.45, 2.75) is 13.8 Å². The fraction of sp³-hybridized carbons (Fsp3) is 0.250. The Morgan fingerprint density at radius 1 is 1.29 bits per heavy atom. The van der Waals surface area contributed by atoms with E-state index in [1.165, 1.54) is 5.56 Å². The molecule has 2 nitrogen and oxygen atoms in total. The molecule has 0 amide bonds. The van der Waals surface area contributed by atoms with Crippen LogP contribution in [0.25, 0.3) is 10.9 Å². The number of Topliss-reactive ketones (excluding diaryl/α,β-unsaturated/α-hetero) is 1. The molecule has 0 radical (unpaired) electrons. The first-order valence-corrected chi connectivity index (χ1v) is 4.66. The van der Waals surface area contributed by atoms with Crippen molar-refractivity contribution in [2.24, 2.45) is 7.05 Å². The molecular weight excluding hydrogens is 174 g/mol. The van der Waals surface area contributed by atoms with E-state index < -0.39 is 0 Å². The molecule has 0 saturated carbocycles. The van der Waals surface area contributed by atoms with Gasteiger partial charge in [0.1, 0.15) is 0 Å². The molecule has 14 heavy (non-hydrogen) atoms. The van der Waals surface area contributed by atoms with Crippen LogP contribution in [-0.4, -0.2) is 10.4 Å². The molecule has 0 unspecified atom stereocenters. The van der Waals surface area contributed by atoms with Gasteiger partial charge in [-0.2, -0.15) is 0 Å². The van der Waals surface area contributed by atoms with Crippen LogP contribution in [0.3, 0.4) is 0 Å². The van der Waals surface area contributed by atoms with Gasteiger partial charge in [-0.1, -0.05) is 12.1 Å². The molecule has 2 rings (SSSR count). The van der Waals surface area contributed by atoms with Gasteiger partial charge in [0.2, 0.25) is 0 Å². The van der Waals surface area contributed by atoms with Gasteiger partial charge in [-0.05, 0) is 24.6 Å². The number of hydrogen-bond acceptors (Lipinski definition) is 1. The quantitative estimate of drug-likeness (QED) is 0.629. The average molecular weight is 187 g/mol. The minimum atomic E-state index is 0.112. The van der Waals surface area contributed by atoms with Gasteiger partial charge in [0, 0.05) is 24.9 Å². The highest BCUT2D eigenvalue weighted by Crippen LogP contribution is 2.20. The molecule has 72 valence electrons.